The Balaban J connectivity index is 2.30. The number of carboxylic acids is 1. The molecule has 22 heavy (non-hydrogen) atoms. The third kappa shape index (κ3) is 4.30. The zero-order chi connectivity index (χ0) is 16.1. The molecule has 2 aromatic rings. The van der Waals surface area contributed by atoms with Gasteiger partial charge in [-0.1, -0.05) is 30.3 Å². The minimum absolute atomic E-state index is 0.0920. The van der Waals surface area contributed by atoms with E-state index in [-0.39, 0.29) is 12.2 Å². The van der Waals surface area contributed by atoms with Crippen molar-refractivity contribution in [2.75, 3.05) is 0 Å². The van der Waals surface area contributed by atoms with Crippen molar-refractivity contribution in [2.45, 2.75) is 20.0 Å². The van der Waals surface area contributed by atoms with Crippen LogP contribution in [0, 0.1) is 3.57 Å². The standard InChI is InChI=1S/C17H15IO4/c1-11(19)14-7-13(8-17(20)21)16(9-15(14)18)22-10-12-5-3-2-4-6-12/h2-7,9H,8,10H2,1H3,(H,20,21). The van der Waals surface area contributed by atoms with E-state index in [1.807, 2.05) is 30.3 Å². The predicted molar refractivity (Wildman–Crippen MR) is 91.3 cm³/mol. The Morgan fingerprint density at radius 2 is 1.86 bits per heavy atom. The molecule has 5 heteroatoms. The first-order valence-electron chi connectivity index (χ1n) is 6.69. The molecule has 0 saturated heterocycles. The van der Waals surface area contributed by atoms with Crippen LogP contribution in [-0.2, 0) is 17.8 Å². The summed E-state index contributed by atoms with van der Waals surface area (Å²) < 4.78 is 6.51. The number of carboxylic acid groups (broad SMARTS) is 1. The van der Waals surface area contributed by atoms with Crippen LogP contribution in [0.4, 0.5) is 0 Å². The van der Waals surface area contributed by atoms with E-state index in [0.717, 1.165) is 9.13 Å². The molecule has 0 saturated carbocycles. The van der Waals surface area contributed by atoms with E-state index in [1.54, 1.807) is 12.1 Å². The largest absolute Gasteiger partial charge is 0.489 e. The molecule has 0 radical (unpaired) electrons. The van der Waals surface area contributed by atoms with Crippen LogP contribution in [0.3, 0.4) is 0 Å². The number of hydrogen-bond acceptors (Lipinski definition) is 3. The number of benzene rings is 2. The SMILES string of the molecule is CC(=O)c1cc(CC(=O)O)c(OCc2ccccc2)cc1I. The topological polar surface area (TPSA) is 63.6 Å². The molecule has 0 heterocycles. The molecule has 114 valence electrons. The van der Waals surface area contributed by atoms with Crippen LogP contribution in [0.5, 0.6) is 5.75 Å². The summed E-state index contributed by atoms with van der Waals surface area (Å²) in [7, 11) is 0. The molecule has 0 fully saturated rings. The zero-order valence-electron chi connectivity index (χ0n) is 12.0. The van der Waals surface area contributed by atoms with Crippen LogP contribution in [0.1, 0.15) is 28.4 Å². The third-order valence-corrected chi connectivity index (χ3v) is 4.00. The molecule has 0 atom stereocenters. The molecule has 0 aliphatic carbocycles. The van der Waals surface area contributed by atoms with Crippen molar-refractivity contribution in [2.24, 2.45) is 0 Å². The minimum atomic E-state index is -0.958. The van der Waals surface area contributed by atoms with E-state index in [9.17, 15) is 9.59 Å². The van der Waals surface area contributed by atoms with Gasteiger partial charge in [-0.25, -0.2) is 0 Å². The summed E-state index contributed by atoms with van der Waals surface area (Å²) in [5.74, 6) is -0.549. The van der Waals surface area contributed by atoms with Crippen molar-refractivity contribution >= 4 is 34.3 Å². The van der Waals surface area contributed by atoms with Gasteiger partial charge in [0.1, 0.15) is 12.4 Å². The summed E-state index contributed by atoms with van der Waals surface area (Å²) in [5.41, 5.74) is 2.02. The molecular formula is C17H15IO4. The second kappa shape index (κ2) is 7.40. The van der Waals surface area contributed by atoms with Crippen molar-refractivity contribution in [3.63, 3.8) is 0 Å². The molecule has 4 nitrogen and oxygen atoms in total. The highest BCUT2D eigenvalue weighted by atomic mass is 127. The van der Waals surface area contributed by atoms with Crippen LogP contribution < -0.4 is 4.74 Å². The normalized spacial score (nSPS) is 10.3. The molecule has 0 aliphatic heterocycles. The number of halogens is 1. The number of carbonyl (C=O) groups excluding carboxylic acids is 1. The Hall–Kier alpha value is -1.89. The maximum Gasteiger partial charge on any atom is 0.307 e. The fourth-order valence-electron chi connectivity index (χ4n) is 2.04. The first-order chi connectivity index (χ1) is 10.5. The van der Waals surface area contributed by atoms with Crippen molar-refractivity contribution < 1.29 is 19.4 Å². The fraction of sp³-hybridized carbons (Fsp3) is 0.176. The van der Waals surface area contributed by atoms with Gasteiger partial charge in [-0.05, 0) is 47.2 Å². The number of aliphatic carboxylic acids is 1. The predicted octanol–water partition coefficient (Wildman–Crippen LogP) is 3.70. The van der Waals surface area contributed by atoms with Gasteiger partial charge in [-0.3, -0.25) is 9.59 Å². The summed E-state index contributed by atoms with van der Waals surface area (Å²) in [4.78, 5) is 22.6. The fourth-order valence-corrected chi connectivity index (χ4v) is 2.86. The molecule has 1 N–H and O–H groups in total. The van der Waals surface area contributed by atoms with Crippen LogP contribution in [0.25, 0.3) is 0 Å². The van der Waals surface area contributed by atoms with Gasteiger partial charge >= 0.3 is 5.97 Å². The Kier molecular flexibility index (Phi) is 5.54. The number of Topliss-reactive ketones (excluding diaryl/α,β-unsaturated/α-hetero) is 1. The second-order valence-corrected chi connectivity index (χ2v) is 6.00. The average Bonchev–Trinajstić information content (AvgIpc) is 2.47. The Labute approximate surface area is 142 Å². The number of hydrogen-bond donors (Lipinski definition) is 1. The molecule has 0 spiro atoms. The van der Waals surface area contributed by atoms with Crippen molar-refractivity contribution in [1.82, 2.24) is 0 Å². The Morgan fingerprint density at radius 3 is 2.45 bits per heavy atom. The first-order valence-corrected chi connectivity index (χ1v) is 7.77. The molecule has 0 amide bonds. The van der Waals surface area contributed by atoms with Gasteiger partial charge in [0.2, 0.25) is 0 Å². The highest BCUT2D eigenvalue weighted by Gasteiger charge is 2.15. The van der Waals surface area contributed by atoms with Crippen LogP contribution >= 0.6 is 22.6 Å². The monoisotopic (exact) mass is 410 g/mol. The number of ether oxygens (including phenoxy) is 1. The minimum Gasteiger partial charge on any atom is -0.489 e. The number of ketones is 1. The maximum atomic E-state index is 11.6. The van der Waals surface area contributed by atoms with Crippen LogP contribution in [-0.4, -0.2) is 16.9 Å². The quantitative estimate of drug-likeness (QED) is 0.583. The van der Waals surface area contributed by atoms with E-state index in [2.05, 4.69) is 22.6 Å². The summed E-state index contributed by atoms with van der Waals surface area (Å²) in [6.07, 6.45) is -0.179. The van der Waals surface area contributed by atoms with E-state index in [0.29, 0.717) is 23.5 Å². The van der Waals surface area contributed by atoms with Crippen molar-refractivity contribution in [3.8, 4) is 5.75 Å². The second-order valence-electron chi connectivity index (χ2n) is 4.84. The lowest BCUT2D eigenvalue weighted by molar-refractivity contribution is -0.136. The smallest absolute Gasteiger partial charge is 0.307 e. The molecule has 0 aliphatic rings. The highest BCUT2D eigenvalue weighted by Crippen LogP contribution is 2.27. The van der Waals surface area contributed by atoms with E-state index < -0.39 is 5.97 Å². The molecular weight excluding hydrogens is 395 g/mol. The molecule has 2 rings (SSSR count). The molecule has 0 bridgehead atoms. The van der Waals surface area contributed by atoms with Gasteiger partial charge in [-0.15, -0.1) is 0 Å². The van der Waals surface area contributed by atoms with Gasteiger partial charge in [-0.2, -0.15) is 0 Å². The van der Waals surface area contributed by atoms with Gasteiger partial charge in [0.15, 0.2) is 5.78 Å². The first kappa shape index (κ1) is 16.5. The molecule has 2 aromatic carbocycles. The summed E-state index contributed by atoms with van der Waals surface area (Å²) in [5, 5.41) is 9.03. The summed E-state index contributed by atoms with van der Waals surface area (Å²) in [6, 6.07) is 13.0. The zero-order valence-corrected chi connectivity index (χ0v) is 14.2. The summed E-state index contributed by atoms with van der Waals surface area (Å²) >= 11 is 2.06. The van der Waals surface area contributed by atoms with Gasteiger partial charge in [0.05, 0.1) is 6.42 Å². The summed E-state index contributed by atoms with van der Waals surface area (Å²) in [6.45, 7) is 1.81. The van der Waals surface area contributed by atoms with E-state index >= 15 is 0 Å². The van der Waals surface area contributed by atoms with Gasteiger partial charge < -0.3 is 9.84 Å². The highest BCUT2D eigenvalue weighted by molar-refractivity contribution is 14.1. The number of carbonyl (C=O) groups is 2. The van der Waals surface area contributed by atoms with Crippen molar-refractivity contribution in [1.29, 1.82) is 0 Å². The van der Waals surface area contributed by atoms with Gasteiger partial charge in [0, 0.05) is 14.7 Å². The maximum absolute atomic E-state index is 11.6. The molecule has 0 unspecified atom stereocenters. The lowest BCUT2D eigenvalue weighted by atomic mass is 10.0. The number of rotatable bonds is 6. The Morgan fingerprint density at radius 1 is 1.18 bits per heavy atom. The lowest BCUT2D eigenvalue weighted by Gasteiger charge is -2.13. The molecule has 0 aromatic heterocycles. The van der Waals surface area contributed by atoms with E-state index in [4.69, 9.17) is 9.84 Å². The van der Waals surface area contributed by atoms with E-state index in [1.165, 1.54) is 6.92 Å². The lowest BCUT2D eigenvalue weighted by Crippen LogP contribution is -2.07. The average molecular weight is 410 g/mol. The Bertz CT molecular complexity index is 695. The van der Waals surface area contributed by atoms with Crippen LogP contribution in [0.2, 0.25) is 0 Å². The van der Waals surface area contributed by atoms with Crippen molar-refractivity contribution in [3.05, 3.63) is 62.7 Å². The van der Waals surface area contributed by atoms with Gasteiger partial charge in [0.25, 0.3) is 0 Å². The van der Waals surface area contributed by atoms with Crippen LogP contribution in [0.15, 0.2) is 42.5 Å². The third-order valence-electron chi connectivity index (χ3n) is 3.11.